The number of ether oxygens (including phenoxy) is 1. The van der Waals surface area contributed by atoms with E-state index in [1.54, 1.807) is 6.07 Å². The van der Waals surface area contributed by atoms with Gasteiger partial charge in [-0.2, -0.15) is 0 Å². The van der Waals surface area contributed by atoms with Crippen LogP contribution in [0.3, 0.4) is 0 Å². The number of aromatic nitrogens is 2. The van der Waals surface area contributed by atoms with Gasteiger partial charge in [-0.25, -0.2) is 9.97 Å². The van der Waals surface area contributed by atoms with Crippen LogP contribution >= 0.6 is 0 Å². The molecule has 0 saturated carbocycles. The molecule has 0 aliphatic heterocycles. The Morgan fingerprint density at radius 1 is 0.906 bits per heavy atom. The Hall–Kier alpha value is -4.45. The summed E-state index contributed by atoms with van der Waals surface area (Å²) in [6.45, 7) is 0.513. The zero-order valence-corrected chi connectivity index (χ0v) is 17.1. The van der Waals surface area contributed by atoms with Crippen molar-refractivity contribution in [3.8, 4) is 17.3 Å². The smallest absolute Gasteiger partial charge is 0.198 e. The molecule has 6 heteroatoms. The average Bonchev–Trinajstić information content (AvgIpc) is 3.34. The highest BCUT2D eigenvalue weighted by molar-refractivity contribution is 5.92. The first-order valence-electron chi connectivity index (χ1n) is 10.1. The molecule has 0 saturated heterocycles. The van der Waals surface area contributed by atoms with Crippen LogP contribution in [0.25, 0.3) is 22.5 Å². The minimum Gasteiger partial charge on any atom is -0.489 e. The van der Waals surface area contributed by atoms with Crippen molar-refractivity contribution >= 4 is 28.7 Å². The van der Waals surface area contributed by atoms with Crippen molar-refractivity contribution in [1.82, 2.24) is 9.97 Å². The van der Waals surface area contributed by atoms with E-state index in [1.807, 2.05) is 78.9 Å². The van der Waals surface area contributed by atoms with Gasteiger partial charge in [0.25, 0.3) is 0 Å². The highest BCUT2D eigenvalue weighted by Gasteiger charge is 2.13. The highest BCUT2D eigenvalue weighted by Crippen LogP contribution is 2.28. The number of para-hydroxylation sites is 1. The largest absolute Gasteiger partial charge is 0.489 e. The number of fused-ring (bicyclic) bond motifs is 1. The first kappa shape index (κ1) is 19.5. The van der Waals surface area contributed by atoms with Crippen LogP contribution in [0.4, 0.5) is 11.5 Å². The normalized spacial score (nSPS) is 10.8. The number of hydrogen-bond acceptors (Lipinski definition) is 6. The van der Waals surface area contributed by atoms with E-state index in [-0.39, 0.29) is 0 Å². The maximum absolute atomic E-state index is 11.0. The van der Waals surface area contributed by atoms with Crippen molar-refractivity contribution in [2.45, 2.75) is 6.61 Å². The number of aldehydes is 1. The zero-order chi connectivity index (χ0) is 21.8. The second-order valence-electron chi connectivity index (χ2n) is 7.20. The number of nitrogens with one attached hydrogen (secondary N) is 1. The van der Waals surface area contributed by atoms with Crippen molar-refractivity contribution < 1.29 is 13.9 Å². The molecule has 0 atom stereocenters. The first-order valence-corrected chi connectivity index (χ1v) is 10.1. The summed E-state index contributed by atoms with van der Waals surface area (Å²) in [5, 5.41) is 4.24. The van der Waals surface area contributed by atoms with E-state index in [0.29, 0.717) is 29.6 Å². The lowest BCUT2D eigenvalue weighted by atomic mass is 10.2. The van der Waals surface area contributed by atoms with Gasteiger partial charge in [0, 0.05) is 11.1 Å². The van der Waals surface area contributed by atoms with E-state index in [0.717, 1.165) is 34.2 Å². The Balaban J connectivity index is 1.40. The standard InChI is InChI=1S/C26H19N3O3/c30-15-19-14-24(32-17-19)26-28-23-9-5-4-8-22(23)25(29-26)27-20-10-12-21(13-11-20)31-16-18-6-2-1-3-7-18/h1-15,17H,16H2,(H,27,28,29). The molecule has 3 aromatic carbocycles. The lowest BCUT2D eigenvalue weighted by molar-refractivity contribution is 0.112. The monoisotopic (exact) mass is 421 g/mol. The van der Waals surface area contributed by atoms with Crippen molar-refractivity contribution in [2.75, 3.05) is 5.32 Å². The maximum Gasteiger partial charge on any atom is 0.198 e. The molecule has 2 aromatic heterocycles. The van der Waals surface area contributed by atoms with E-state index < -0.39 is 0 Å². The second kappa shape index (κ2) is 8.73. The van der Waals surface area contributed by atoms with Gasteiger partial charge in [-0.05, 0) is 48.0 Å². The van der Waals surface area contributed by atoms with E-state index >= 15 is 0 Å². The molecule has 0 aliphatic carbocycles. The van der Waals surface area contributed by atoms with E-state index in [4.69, 9.17) is 9.15 Å². The molecule has 2 heterocycles. The lowest BCUT2D eigenvalue weighted by Crippen LogP contribution is -1.99. The third-order valence-corrected chi connectivity index (χ3v) is 4.94. The summed E-state index contributed by atoms with van der Waals surface area (Å²) in [5.41, 5.74) is 3.19. The summed E-state index contributed by atoms with van der Waals surface area (Å²) >= 11 is 0. The Morgan fingerprint density at radius 3 is 2.47 bits per heavy atom. The van der Waals surface area contributed by atoms with E-state index in [1.165, 1.54) is 6.26 Å². The summed E-state index contributed by atoms with van der Waals surface area (Å²) < 4.78 is 11.3. The lowest BCUT2D eigenvalue weighted by Gasteiger charge is -2.11. The molecular weight excluding hydrogens is 402 g/mol. The molecule has 0 bridgehead atoms. The number of benzene rings is 3. The molecule has 5 rings (SSSR count). The molecular formula is C26H19N3O3. The Morgan fingerprint density at radius 2 is 1.69 bits per heavy atom. The Kier molecular flexibility index (Phi) is 5.32. The van der Waals surface area contributed by atoms with Crippen LogP contribution in [0.1, 0.15) is 15.9 Å². The molecule has 5 aromatic rings. The minimum absolute atomic E-state index is 0.405. The summed E-state index contributed by atoms with van der Waals surface area (Å²) in [4.78, 5) is 20.2. The molecule has 0 unspecified atom stereocenters. The van der Waals surface area contributed by atoms with Crippen LogP contribution in [-0.2, 0) is 6.61 Å². The van der Waals surface area contributed by atoms with Gasteiger partial charge in [-0.3, -0.25) is 4.79 Å². The number of rotatable bonds is 7. The number of hydrogen-bond donors (Lipinski definition) is 1. The molecule has 156 valence electrons. The van der Waals surface area contributed by atoms with E-state index in [9.17, 15) is 4.79 Å². The highest BCUT2D eigenvalue weighted by atomic mass is 16.5. The van der Waals surface area contributed by atoms with Gasteiger partial charge in [0.2, 0.25) is 0 Å². The van der Waals surface area contributed by atoms with Crippen LogP contribution in [-0.4, -0.2) is 16.3 Å². The predicted octanol–water partition coefficient (Wildman–Crippen LogP) is 6.02. The zero-order valence-electron chi connectivity index (χ0n) is 17.1. The van der Waals surface area contributed by atoms with Gasteiger partial charge in [0.05, 0.1) is 11.1 Å². The van der Waals surface area contributed by atoms with Crippen LogP contribution in [0.2, 0.25) is 0 Å². The fraction of sp³-hybridized carbons (Fsp3) is 0.0385. The predicted molar refractivity (Wildman–Crippen MR) is 123 cm³/mol. The van der Waals surface area contributed by atoms with Gasteiger partial charge < -0.3 is 14.5 Å². The number of nitrogens with zero attached hydrogens (tertiary/aromatic N) is 2. The molecule has 0 spiro atoms. The topological polar surface area (TPSA) is 77.2 Å². The molecule has 32 heavy (non-hydrogen) atoms. The van der Waals surface area contributed by atoms with Crippen molar-refractivity contribution in [2.24, 2.45) is 0 Å². The SMILES string of the molecule is O=Cc1coc(-c2nc(Nc3ccc(OCc4ccccc4)cc3)c3ccccc3n2)c1. The van der Waals surface area contributed by atoms with Gasteiger partial charge in [-0.1, -0.05) is 42.5 Å². The number of carbonyl (C=O) groups excluding carboxylic acids is 1. The van der Waals surface area contributed by atoms with Crippen LogP contribution in [0.15, 0.2) is 95.6 Å². The van der Waals surface area contributed by atoms with Crippen molar-refractivity contribution in [3.63, 3.8) is 0 Å². The van der Waals surface area contributed by atoms with E-state index in [2.05, 4.69) is 15.3 Å². The summed E-state index contributed by atoms with van der Waals surface area (Å²) in [5.74, 6) is 2.27. The molecule has 0 fully saturated rings. The molecule has 0 amide bonds. The van der Waals surface area contributed by atoms with Gasteiger partial charge >= 0.3 is 0 Å². The van der Waals surface area contributed by atoms with Gasteiger partial charge in [-0.15, -0.1) is 0 Å². The first-order chi connectivity index (χ1) is 15.8. The molecule has 0 aliphatic rings. The van der Waals surface area contributed by atoms with Crippen molar-refractivity contribution in [3.05, 3.63) is 102 Å². The maximum atomic E-state index is 11.0. The molecule has 6 nitrogen and oxygen atoms in total. The third kappa shape index (κ3) is 4.20. The van der Waals surface area contributed by atoms with Crippen LogP contribution in [0, 0.1) is 0 Å². The summed E-state index contributed by atoms with van der Waals surface area (Å²) in [6, 6.07) is 27.1. The fourth-order valence-electron chi connectivity index (χ4n) is 3.32. The minimum atomic E-state index is 0.405. The second-order valence-corrected chi connectivity index (χ2v) is 7.20. The Bertz CT molecular complexity index is 1360. The number of furan rings is 1. The Labute approximate surface area is 184 Å². The summed E-state index contributed by atoms with van der Waals surface area (Å²) in [7, 11) is 0. The number of anilines is 2. The molecule has 1 N–H and O–H groups in total. The van der Waals surface area contributed by atoms with Gasteiger partial charge in [0.15, 0.2) is 17.9 Å². The summed E-state index contributed by atoms with van der Waals surface area (Å²) in [6.07, 6.45) is 2.12. The number of carbonyl (C=O) groups is 1. The van der Waals surface area contributed by atoms with Crippen LogP contribution in [0.5, 0.6) is 5.75 Å². The molecule has 0 radical (unpaired) electrons. The third-order valence-electron chi connectivity index (χ3n) is 4.94. The van der Waals surface area contributed by atoms with Crippen molar-refractivity contribution in [1.29, 1.82) is 0 Å². The van der Waals surface area contributed by atoms with Crippen LogP contribution < -0.4 is 10.1 Å². The average molecular weight is 421 g/mol. The quantitative estimate of drug-likeness (QED) is 0.324. The fourth-order valence-corrected chi connectivity index (χ4v) is 3.32. The van der Waals surface area contributed by atoms with Gasteiger partial charge in [0.1, 0.15) is 24.4 Å².